The largest absolute Gasteiger partial charge is 0.493 e. The summed E-state index contributed by atoms with van der Waals surface area (Å²) in [5, 5.41) is 3.77. The molecule has 1 amide bonds. The van der Waals surface area contributed by atoms with Crippen LogP contribution in [0.15, 0.2) is 47.4 Å². The first-order valence-corrected chi connectivity index (χ1v) is 9.62. The normalized spacial score (nSPS) is 11.9. The average Bonchev–Trinajstić information content (AvgIpc) is 2.73. The van der Waals surface area contributed by atoms with Crippen molar-refractivity contribution >= 4 is 28.4 Å². The number of carbonyl (C=O) groups excluding carboxylic acids is 1. The van der Waals surface area contributed by atoms with Crippen LogP contribution in [0.4, 0.5) is 0 Å². The Balaban J connectivity index is 1.96. The van der Waals surface area contributed by atoms with Crippen molar-refractivity contribution < 1.29 is 14.3 Å². The van der Waals surface area contributed by atoms with Crippen molar-refractivity contribution in [3.63, 3.8) is 0 Å². The standard InChI is InChI=1S/C22H23ClN2O4/c1-5-25-12-17(21(26)16-11-15(23)7-8-18(16)25)22(27)24-13(2)14-6-9-19(28-3)20(10-14)29-4/h6-13H,5H2,1-4H3,(H,24,27). The number of hydrogen-bond acceptors (Lipinski definition) is 4. The highest BCUT2D eigenvalue weighted by atomic mass is 35.5. The van der Waals surface area contributed by atoms with Gasteiger partial charge in [-0.3, -0.25) is 9.59 Å². The summed E-state index contributed by atoms with van der Waals surface area (Å²) >= 11 is 6.06. The lowest BCUT2D eigenvalue weighted by Crippen LogP contribution is -2.31. The van der Waals surface area contributed by atoms with Gasteiger partial charge in [0, 0.05) is 23.2 Å². The molecular formula is C22H23ClN2O4. The Morgan fingerprint density at radius 2 is 1.86 bits per heavy atom. The van der Waals surface area contributed by atoms with Gasteiger partial charge in [-0.05, 0) is 49.7 Å². The van der Waals surface area contributed by atoms with Gasteiger partial charge in [0.15, 0.2) is 11.5 Å². The van der Waals surface area contributed by atoms with Crippen LogP contribution in [0, 0.1) is 0 Å². The number of carbonyl (C=O) groups is 1. The molecular weight excluding hydrogens is 392 g/mol. The number of nitrogens with one attached hydrogen (secondary N) is 1. The van der Waals surface area contributed by atoms with Gasteiger partial charge in [-0.2, -0.15) is 0 Å². The molecule has 2 aromatic carbocycles. The number of pyridine rings is 1. The van der Waals surface area contributed by atoms with E-state index in [1.165, 1.54) is 0 Å². The van der Waals surface area contributed by atoms with E-state index in [4.69, 9.17) is 21.1 Å². The van der Waals surface area contributed by atoms with Crippen molar-refractivity contribution in [3.8, 4) is 11.5 Å². The van der Waals surface area contributed by atoms with Gasteiger partial charge in [-0.15, -0.1) is 0 Å². The van der Waals surface area contributed by atoms with Crippen LogP contribution >= 0.6 is 11.6 Å². The van der Waals surface area contributed by atoms with Gasteiger partial charge in [-0.25, -0.2) is 0 Å². The van der Waals surface area contributed by atoms with Crippen LogP contribution in [0.25, 0.3) is 10.9 Å². The first-order chi connectivity index (χ1) is 13.9. The first kappa shape index (κ1) is 20.7. The van der Waals surface area contributed by atoms with Crippen molar-refractivity contribution in [1.82, 2.24) is 9.88 Å². The molecule has 0 radical (unpaired) electrons. The van der Waals surface area contributed by atoms with Crippen molar-refractivity contribution in [1.29, 1.82) is 0 Å². The van der Waals surface area contributed by atoms with E-state index in [1.807, 2.05) is 24.5 Å². The molecule has 1 N–H and O–H groups in total. The minimum Gasteiger partial charge on any atom is -0.493 e. The third kappa shape index (κ3) is 4.07. The fourth-order valence-corrected chi connectivity index (χ4v) is 3.45. The van der Waals surface area contributed by atoms with Gasteiger partial charge in [0.1, 0.15) is 5.56 Å². The van der Waals surface area contributed by atoms with Gasteiger partial charge in [0.05, 0.1) is 25.8 Å². The fourth-order valence-electron chi connectivity index (χ4n) is 3.27. The summed E-state index contributed by atoms with van der Waals surface area (Å²) in [6, 6.07) is 10.2. The van der Waals surface area contributed by atoms with Crippen LogP contribution in [0.1, 0.15) is 35.8 Å². The van der Waals surface area contributed by atoms with E-state index in [0.717, 1.165) is 11.1 Å². The summed E-state index contributed by atoms with van der Waals surface area (Å²) < 4.78 is 12.4. The third-order valence-electron chi connectivity index (χ3n) is 4.88. The molecule has 0 bridgehead atoms. The van der Waals surface area contributed by atoms with Crippen molar-refractivity contribution in [2.24, 2.45) is 0 Å². The summed E-state index contributed by atoms with van der Waals surface area (Å²) in [5.41, 5.74) is 1.31. The fraction of sp³-hybridized carbons (Fsp3) is 0.273. The number of benzene rings is 2. The Kier molecular flexibility index (Phi) is 6.13. The number of hydrogen-bond donors (Lipinski definition) is 1. The van der Waals surface area contributed by atoms with Crippen LogP contribution in [0.3, 0.4) is 0 Å². The summed E-state index contributed by atoms with van der Waals surface area (Å²) in [6.07, 6.45) is 1.59. The topological polar surface area (TPSA) is 69.6 Å². The zero-order chi connectivity index (χ0) is 21.1. The second kappa shape index (κ2) is 8.57. The molecule has 0 aliphatic rings. The van der Waals surface area contributed by atoms with Crippen LogP contribution in [0.2, 0.25) is 5.02 Å². The van der Waals surface area contributed by atoms with Crippen LogP contribution < -0.4 is 20.2 Å². The molecule has 7 heteroatoms. The molecule has 3 aromatic rings. The highest BCUT2D eigenvalue weighted by molar-refractivity contribution is 6.31. The molecule has 3 rings (SSSR count). The Bertz CT molecular complexity index is 1120. The minimum atomic E-state index is -0.443. The molecule has 1 atom stereocenters. The monoisotopic (exact) mass is 414 g/mol. The number of rotatable bonds is 6. The number of fused-ring (bicyclic) bond motifs is 1. The minimum absolute atomic E-state index is 0.0777. The highest BCUT2D eigenvalue weighted by Crippen LogP contribution is 2.30. The molecule has 1 unspecified atom stereocenters. The van der Waals surface area contributed by atoms with Gasteiger partial charge < -0.3 is 19.4 Å². The lowest BCUT2D eigenvalue weighted by molar-refractivity contribution is 0.0938. The zero-order valence-corrected chi connectivity index (χ0v) is 17.5. The molecule has 152 valence electrons. The Morgan fingerprint density at radius 1 is 1.14 bits per heavy atom. The Hall–Kier alpha value is -2.99. The first-order valence-electron chi connectivity index (χ1n) is 9.25. The van der Waals surface area contributed by atoms with E-state index in [9.17, 15) is 9.59 Å². The van der Waals surface area contributed by atoms with E-state index in [2.05, 4.69) is 5.32 Å². The van der Waals surface area contributed by atoms with Gasteiger partial charge >= 0.3 is 0 Å². The van der Waals surface area contributed by atoms with Crippen molar-refractivity contribution in [2.45, 2.75) is 26.4 Å². The number of halogens is 1. The average molecular weight is 415 g/mol. The number of aromatic nitrogens is 1. The van der Waals surface area contributed by atoms with Crippen LogP contribution in [-0.4, -0.2) is 24.7 Å². The zero-order valence-electron chi connectivity index (χ0n) is 16.8. The van der Waals surface area contributed by atoms with Crippen LogP contribution in [0.5, 0.6) is 11.5 Å². The summed E-state index contributed by atoms with van der Waals surface area (Å²) in [4.78, 5) is 25.8. The summed E-state index contributed by atoms with van der Waals surface area (Å²) in [7, 11) is 3.12. The highest BCUT2D eigenvalue weighted by Gasteiger charge is 2.19. The van der Waals surface area contributed by atoms with Crippen molar-refractivity contribution in [2.75, 3.05) is 14.2 Å². The number of ether oxygens (including phenoxy) is 2. The number of nitrogens with zero attached hydrogens (tertiary/aromatic N) is 1. The molecule has 0 aliphatic carbocycles. The summed E-state index contributed by atoms with van der Waals surface area (Å²) in [5.74, 6) is 0.730. The molecule has 0 saturated carbocycles. The van der Waals surface area contributed by atoms with E-state index < -0.39 is 5.91 Å². The van der Waals surface area contributed by atoms with E-state index in [1.54, 1.807) is 50.7 Å². The molecule has 0 saturated heterocycles. The SMILES string of the molecule is CCn1cc(C(=O)NC(C)c2ccc(OC)c(OC)c2)c(=O)c2cc(Cl)ccc21. The van der Waals surface area contributed by atoms with E-state index in [-0.39, 0.29) is 17.0 Å². The van der Waals surface area contributed by atoms with Crippen molar-refractivity contribution in [3.05, 3.63) is 69.0 Å². The van der Waals surface area contributed by atoms with Gasteiger partial charge in [-0.1, -0.05) is 17.7 Å². The maximum atomic E-state index is 12.9. The maximum Gasteiger partial charge on any atom is 0.257 e. The van der Waals surface area contributed by atoms with Crippen LogP contribution in [-0.2, 0) is 6.54 Å². The molecule has 6 nitrogen and oxygen atoms in total. The Labute approximate surface area is 174 Å². The number of aryl methyl sites for hydroxylation is 1. The van der Waals surface area contributed by atoms with E-state index >= 15 is 0 Å². The molecule has 29 heavy (non-hydrogen) atoms. The smallest absolute Gasteiger partial charge is 0.257 e. The summed E-state index contributed by atoms with van der Waals surface area (Å²) in [6.45, 7) is 4.41. The third-order valence-corrected chi connectivity index (χ3v) is 5.12. The van der Waals surface area contributed by atoms with Gasteiger partial charge in [0.2, 0.25) is 5.43 Å². The molecule has 0 spiro atoms. The maximum absolute atomic E-state index is 12.9. The predicted octanol–water partition coefficient (Wildman–Crippen LogP) is 4.18. The lowest BCUT2D eigenvalue weighted by Gasteiger charge is -2.17. The van der Waals surface area contributed by atoms with E-state index in [0.29, 0.717) is 28.5 Å². The quantitative estimate of drug-likeness (QED) is 0.656. The molecule has 0 aliphatic heterocycles. The second-order valence-corrected chi connectivity index (χ2v) is 7.07. The molecule has 1 heterocycles. The Morgan fingerprint density at radius 3 is 2.52 bits per heavy atom. The number of methoxy groups -OCH3 is 2. The van der Waals surface area contributed by atoms with Gasteiger partial charge in [0.25, 0.3) is 5.91 Å². The lowest BCUT2D eigenvalue weighted by atomic mass is 10.1. The number of amides is 1. The predicted molar refractivity (Wildman–Crippen MR) is 114 cm³/mol. The second-order valence-electron chi connectivity index (χ2n) is 6.63. The molecule has 1 aromatic heterocycles. The molecule has 0 fully saturated rings.